The van der Waals surface area contributed by atoms with Gasteiger partial charge in [-0.05, 0) is 31.2 Å². The summed E-state index contributed by atoms with van der Waals surface area (Å²) >= 11 is 0. The number of fused-ring (bicyclic) bond motifs is 1. The molecule has 23 heavy (non-hydrogen) atoms. The Bertz CT molecular complexity index is 861. The van der Waals surface area contributed by atoms with Crippen molar-refractivity contribution in [1.82, 2.24) is 4.90 Å². The molecule has 0 aliphatic carbocycles. The molecule has 0 spiro atoms. The van der Waals surface area contributed by atoms with Crippen LogP contribution in [0.25, 0.3) is 0 Å². The fourth-order valence-electron chi connectivity index (χ4n) is 2.41. The van der Waals surface area contributed by atoms with Gasteiger partial charge in [0.2, 0.25) is 0 Å². The Labute approximate surface area is 135 Å². The zero-order valence-electron chi connectivity index (χ0n) is 12.8. The van der Waals surface area contributed by atoms with Gasteiger partial charge in [0.05, 0.1) is 17.1 Å². The van der Waals surface area contributed by atoms with E-state index >= 15 is 0 Å². The summed E-state index contributed by atoms with van der Waals surface area (Å²) in [5.74, 6) is 0. The molecule has 2 N–H and O–H groups in total. The SMILES string of the molecule is Cc1ccc(S(=O)(=O)Nc2cccc3c2CN(C)C(=O)N3)cc1. The number of hydrogen-bond donors (Lipinski definition) is 2. The highest BCUT2D eigenvalue weighted by Gasteiger charge is 2.24. The first-order chi connectivity index (χ1) is 10.9. The van der Waals surface area contributed by atoms with E-state index in [2.05, 4.69) is 10.0 Å². The zero-order valence-corrected chi connectivity index (χ0v) is 13.6. The van der Waals surface area contributed by atoms with E-state index in [1.807, 2.05) is 6.92 Å². The monoisotopic (exact) mass is 331 g/mol. The normalized spacial score (nSPS) is 14.2. The van der Waals surface area contributed by atoms with E-state index in [0.29, 0.717) is 17.9 Å². The second-order valence-electron chi connectivity index (χ2n) is 5.54. The van der Waals surface area contributed by atoms with E-state index < -0.39 is 10.0 Å². The van der Waals surface area contributed by atoms with Gasteiger partial charge in [0.1, 0.15) is 0 Å². The van der Waals surface area contributed by atoms with Crippen molar-refractivity contribution in [2.75, 3.05) is 17.1 Å². The van der Waals surface area contributed by atoms with E-state index in [1.54, 1.807) is 49.5 Å². The Morgan fingerprint density at radius 2 is 1.83 bits per heavy atom. The van der Waals surface area contributed by atoms with Gasteiger partial charge in [-0.2, -0.15) is 0 Å². The molecule has 2 amide bonds. The van der Waals surface area contributed by atoms with Gasteiger partial charge in [-0.15, -0.1) is 0 Å². The molecule has 1 aliphatic heterocycles. The standard InChI is InChI=1S/C16H17N3O3S/c1-11-6-8-12(9-7-11)23(21,22)18-15-5-3-4-14-13(15)10-19(2)16(20)17-14/h3-9,18H,10H2,1-2H3,(H,17,20). The van der Waals surface area contributed by atoms with Crippen molar-refractivity contribution in [2.24, 2.45) is 0 Å². The highest BCUT2D eigenvalue weighted by atomic mass is 32.2. The second-order valence-corrected chi connectivity index (χ2v) is 7.22. The van der Waals surface area contributed by atoms with E-state index in [9.17, 15) is 13.2 Å². The van der Waals surface area contributed by atoms with Gasteiger partial charge in [-0.25, -0.2) is 13.2 Å². The van der Waals surface area contributed by atoms with Crippen LogP contribution in [-0.4, -0.2) is 26.4 Å². The van der Waals surface area contributed by atoms with Crippen molar-refractivity contribution in [3.8, 4) is 0 Å². The molecular formula is C16H17N3O3S. The number of nitrogens with zero attached hydrogens (tertiary/aromatic N) is 1. The van der Waals surface area contributed by atoms with Crippen LogP contribution < -0.4 is 10.0 Å². The molecule has 0 aromatic heterocycles. The van der Waals surface area contributed by atoms with E-state index in [1.165, 1.54) is 4.90 Å². The minimum atomic E-state index is -3.68. The highest BCUT2D eigenvalue weighted by molar-refractivity contribution is 7.92. The molecule has 2 aromatic carbocycles. The number of carbonyl (C=O) groups is 1. The number of rotatable bonds is 3. The van der Waals surface area contributed by atoms with Crippen molar-refractivity contribution in [3.05, 3.63) is 53.6 Å². The molecule has 0 atom stereocenters. The fourth-order valence-corrected chi connectivity index (χ4v) is 3.50. The molecule has 0 saturated heterocycles. The Morgan fingerprint density at radius 1 is 1.13 bits per heavy atom. The number of carbonyl (C=O) groups excluding carboxylic acids is 1. The maximum Gasteiger partial charge on any atom is 0.321 e. The van der Waals surface area contributed by atoms with Crippen LogP contribution in [0, 0.1) is 6.92 Å². The minimum absolute atomic E-state index is 0.203. The third-order valence-corrected chi connectivity index (χ3v) is 5.12. The van der Waals surface area contributed by atoms with Crippen LogP contribution in [0.15, 0.2) is 47.4 Å². The summed E-state index contributed by atoms with van der Waals surface area (Å²) in [7, 11) is -2.02. The Morgan fingerprint density at radius 3 is 2.52 bits per heavy atom. The quantitative estimate of drug-likeness (QED) is 0.908. The minimum Gasteiger partial charge on any atom is -0.323 e. The van der Waals surface area contributed by atoms with Gasteiger partial charge in [0, 0.05) is 18.3 Å². The number of benzene rings is 2. The maximum atomic E-state index is 12.5. The van der Waals surface area contributed by atoms with Gasteiger partial charge in [-0.3, -0.25) is 4.72 Å². The Hall–Kier alpha value is -2.54. The molecule has 120 valence electrons. The van der Waals surface area contributed by atoms with Crippen molar-refractivity contribution < 1.29 is 13.2 Å². The number of urea groups is 1. The topological polar surface area (TPSA) is 78.5 Å². The number of anilines is 2. The van der Waals surface area contributed by atoms with Crippen LogP contribution in [0.5, 0.6) is 0 Å². The summed E-state index contributed by atoms with van der Waals surface area (Å²) in [4.78, 5) is 13.4. The molecule has 6 nitrogen and oxygen atoms in total. The van der Waals surface area contributed by atoms with E-state index in [0.717, 1.165) is 11.1 Å². The largest absolute Gasteiger partial charge is 0.323 e. The van der Waals surface area contributed by atoms with Gasteiger partial charge in [0.25, 0.3) is 10.0 Å². The Balaban J connectivity index is 1.96. The molecule has 3 rings (SSSR count). The molecule has 0 saturated carbocycles. The van der Waals surface area contributed by atoms with Crippen LogP contribution in [0.2, 0.25) is 0 Å². The Kier molecular flexibility index (Phi) is 3.73. The lowest BCUT2D eigenvalue weighted by Crippen LogP contribution is -2.36. The molecular weight excluding hydrogens is 314 g/mol. The molecule has 0 radical (unpaired) electrons. The number of hydrogen-bond acceptors (Lipinski definition) is 3. The van der Waals surface area contributed by atoms with Crippen molar-refractivity contribution in [1.29, 1.82) is 0 Å². The predicted molar refractivity (Wildman–Crippen MR) is 88.9 cm³/mol. The van der Waals surface area contributed by atoms with Crippen LogP contribution in [0.3, 0.4) is 0 Å². The first-order valence-corrected chi connectivity index (χ1v) is 8.58. The number of amides is 2. The van der Waals surface area contributed by atoms with Crippen molar-refractivity contribution >= 4 is 27.4 Å². The third-order valence-electron chi connectivity index (χ3n) is 3.74. The lowest BCUT2D eigenvalue weighted by Gasteiger charge is -2.27. The molecule has 2 aromatic rings. The van der Waals surface area contributed by atoms with Crippen LogP contribution in [-0.2, 0) is 16.6 Å². The second kappa shape index (κ2) is 5.58. The molecule has 0 bridgehead atoms. The summed E-state index contributed by atoms with van der Waals surface area (Å²) in [6.07, 6.45) is 0. The predicted octanol–water partition coefficient (Wildman–Crippen LogP) is 2.77. The number of aryl methyl sites for hydroxylation is 1. The summed E-state index contributed by atoms with van der Waals surface area (Å²) in [6.45, 7) is 2.24. The average Bonchev–Trinajstić information content (AvgIpc) is 2.49. The molecule has 7 heteroatoms. The first-order valence-electron chi connectivity index (χ1n) is 7.10. The lowest BCUT2D eigenvalue weighted by molar-refractivity contribution is 0.218. The summed E-state index contributed by atoms with van der Waals surface area (Å²) in [6, 6.07) is 11.6. The van der Waals surface area contributed by atoms with Gasteiger partial charge < -0.3 is 10.2 Å². The van der Waals surface area contributed by atoms with Crippen molar-refractivity contribution in [2.45, 2.75) is 18.4 Å². The molecule has 0 unspecified atom stereocenters. The van der Waals surface area contributed by atoms with Crippen LogP contribution in [0.1, 0.15) is 11.1 Å². The maximum absolute atomic E-state index is 12.5. The number of nitrogens with one attached hydrogen (secondary N) is 2. The summed E-state index contributed by atoms with van der Waals surface area (Å²) in [5.41, 5.74) is 2.82. The molecule has 1 aliphatic rings. The fraction of sp³-hybridized carbons (Fsp3) is 0.188. The van der Waals surface area contributed by atoms with E-state index in [4.69, 9.17) is 0 Å². The summed E-state index contributed by atoms with van der Waals surface area (Å²) in [5, 5.41) is 2.74. The zero-order chi connectivity index (χ0) is 16.6. The number of sulfonamides is 1. The lowest BCUT2D eigenvalue weighted by atomic mass is 10.1. The van der Waals surface area contributed by atoms with E-state index in [-0.39, 0.29) is 10.9 Å². The van der Waals surface area contributed by atoms with Gasteiger partial charge in [-0.1, -0.05) is 23.8 Å². The molecule has 1 heterocycles. The third kappa shape index (κ3) is 3.00. The first kappa shape index (κ1) is 15.4. The average molecular weight is 331 g/mol. The van der Waals surface area contributed by atoms with Crippen molar-refractivity contribution in [3.63, 3.8) is 0 Å². The highest BCUT2D eigenvalue weighted by Crippen LogP contribution is 2.30. The van der Waals surface area contributed by atoms with Crippen LogP contribution in [0.4, 0.5) is 16.2 Å². The molecule has 0 fully saturated rings. The van der Waals surface area contributed by atoms with Gasteiger partial charge >= 0.3 is 6.03 Å². The van der Waals surface area contributed by atoms with Crippen LogP contribution >= 0.6 is 0 Å². The smallest absolute Gasteiger partial charge is 0.321 e. The van der Waals surface area contributed by atoms with Gasteiger partial charge in [0.15, 0.2) is 0 Å². The summed E-state index contributed by atoms with van der Waals surface area (Å²) < 4.78 is 27.7.